The molecule has 114 valence electrons. The summed E-state index contributed by atoms with van der Waals surface area (Å²) in [4.78, 5) is 19.4. The van der Waals surface area contributed by atoms with Crippen molar-refractivity contribution in [3.8, 4) is 0 Å². The van der Waals surface area contributed by atoms with Crippen LogP contribution in [0.4, 0.5) is 16.3 Å². The number of aromatic nitrogens is 3. The number of aryl methyl sites for hydroxylation is 1. The van der Waals surface area contributed by atoms with Crippen LogP contribution in [0.5, 0.6) is 0 Å². The second-order valence-corrected chi connectivity index (χ2v) is 5.67. The van der Waals surface area contributed by atoms with E-state index in [4.69, 9.17) is 5.11 Å². The molecule has 0 saturated carbocycles. The number of pyridine rings is 1. The van der Waals surface area contributed by atoms with Gasteiger partial charge in [0.25, 0.3) is 0 Å². The highest BCUT2D eigenvalue weighted by Gasteiger charge is 2.24. The Morgan fingerprint density at radius 3 is 3.05 bits per heavy atom. The molecule has 4 rings (SSSR count). The molecule has 0 atom stereocenters. The molecule has 22 heavy (non-hydrogen) atoms. The zero-order chi connectivity index (χ0) is 15.1. The van der Waals surface area contributed by atoms with Crippen LogP contribution in [0.2, 0.25) is 0 Å². The van der Waals surface area contributed by atoms with Crippen LogP contribution in [0, 0.1) is 0 Å². The summed E-state index contributed by atoms with van der Waals surface area (Å²) >= 11 is 0. The van der Waals surface area contributed by atoms with Crippen molar-refractivity contribution in [2.24, 2.45) is 0 Å². The molecule has 0 radical (unpaired) electrons. The third-order valence-electron chi connectivity index (χ3n) is 4.33. The van der Waals surface area contributed by atoms with Gasteiger partial charge in [-0.05, 0) is 18.1 Å². The molecule has 0 aromatic carbocycles. The van der Waals surface area contributed by atoms with Crippen LogP contribution in [-0.2, 0) is 19.5 Å². The maximum Gasteiger partial charge on any atom is 0.407 e. The Kier molecular flexibility index (Phi) is 2.99. The third kappa shape index (κ3) is 2.09. The normalized spacial score (nSPS) is 17.1. The molecule has 0 fully saturated rings. The number of nitrogens with zero attached hydrogens (tertiary/aromatic N) is 5. The van der Waals surface area contributed by atoms with Crippen LogP contribution in [-0.4, -0.2) is 44.0 Å². The van der Waals surface area contributed by atoms with Gasteiger partial charge in [0.15, 0.2) is 0 Å². The van der Waals surface area contributed by atoms with Gasteiger partial charge in [-0.1, -0.05) is 0 Å². The Morgan fingerprint density at radius 1 is 1.27 bits per heavy atom. The van der Waals surface area contributed by atoms with E-state index in [1.54, 1.807) is 0 Å². The van der Waals surface area contributed by atoms with Gasteiger partial charge in [-0.15, -0.1) is 0 Å². The summed E-state index contributed by atoms with van der Waals surface area (Å²) in [6.45, 7) is 2.79. The fraction of sp³-hybridized carbons (Fsp3) is 0.400. The van der Waals surface area contributed by atoms with E-state index in [9.17, 15) is 4.79 Å². The molecule has 2 aliphatic heterocycles. The van der Waals surface area contributed by atoms with E-state index in [2.05, 4.69) is 21.0 Å². The second-order valence-electron chi connectivity index (χ2n) is 5.67. The van der Waals surface area contributed by atoms with Gasteiger partial charge in [0.05, 0.1) is 24.6 Å². The lowest BCUT2D eigenvalue weighted by Gasteiger charge is -2.31. The van der Waals surface area contributed by atoms with Crippen LogP contribution < -0.4 is 4.90 Å². The minimum absolute atomic E-state index is 0.415. The highest BCUT2D eigenvalue weighted by Crippen LogP contribution is 2.30. The standard InChI is InChI=1S/C15H17N5O2/c21-15(22)18-7-3-13-11(10-18)8-12(9-16-13)19-5-1-6-20-14(19)2-4-17-20/h2,4,8-9H,1,3,5-7,10H2,(H,21,22). The first-order valence-corrected chi connectivity index (χ1v) is 7.47. The first kappa shape index (κ1) is 13.1. The van der Waals surface area contributed by atoms with Crippen molar-refractivity contribution in [1.29, 1.82) is 0 Å². The molecule has 2 aromatic heterocycles. The zero-order valence-electron chi connectivity index (χ0n) is 12.1. The molecule has 4 heterocycles. The molecule has 2 aliphatic rings. The van der Waals surface area contributed by atoms with Crippen LogP contribution in [0.25, 0.3) is 0 Å². The number of hydrogen-bond acceptors (Lipinski definition) is 4. The molecule has 1 N–H and O–H groups in total. The fourth-order valence-corrected chi connectivity index (χ4v) is 3.21. The van der Waals surface area contributed by atoms with Crippen LogP contribution >= 0.6 is 0 Å². The van der Waals surface area contributed by atoms with E-state index in [1.165, 1.54) is 4.90 Å². The van der Waals surface area contributed by atoms with Gasteiger partial charge >= 0.3 is 6.09 Å². The molecule has 0 bridgehead atoms. The van der Waals surface area contributed by atoms with Gasteiger partial charge in [-0.2, -0.15) is 5.10 Å². The minimum atomic E-state index is -0.868. The Bertz CT molecular complexity index is 726. The number of carboxylic acid groups (broad SMARTS) is 1. The summed E-state index contributed by atoms with van der Waals surface area (Å²) in [5.74, 6) is 1.07. The van der Waals surface area contributed by atoms with E-state index in [0.29, 0.717) is 19.5 Å². The molecule has 0 spiro atoms. The van der Waals surface area contributed by atoms with Crippen molar-refractivity contribution >= 4 is 17.6 Å². The first-order valence-electron chi connectivity index (χ1n) is 7.47. The number of anilines is 2. The molecule has 7 heteroatoms. The van der Waals surface area contributed by atoms with Crippen molar-refractivity contribution in [2.75, 3.05) is 18.0 Å². The molecule has 0 unspecified atom stereocenters. The van der Waals surface area contributed by atoms with Crippen LogP contribution in [0.15, 0.2) is 24.5 Å². The predicted octanol–water partition coefficient (Wildman–Crippen LogP) is 1.86. The van der Waals surface area contributed by atoms with Crippen molar-refractivity contribution < 1.29 is 9.90 Å². The van der Waals surface area contributed by atoms with E-state index in [-0.39, 0.29) is 0 Å². The van der Waals surface area contributed by atoms with E-state index < -0.39 is 6.09 Å². The van der Waals surface area contributed by atoms with Gasteiger partial charge < -0.3 is 14.9 Å². The summed E-state index contributed by atoms with van der Waals surface area (Å²) in [6, 6.07) is 4.07. The van der Waals surface area contributed by atoms with Gasteiger partial charge in [0, 0.05) is 37.8 Å². The lowest BCUT2D eigenvalue weighted by atomic mass is 10.1. The second kappa shape index (κ2) is 5.01. The quantitative estimate of drug-likeness (QED) is 0.870. The smallest absolute Gasteiger partial charge is 0.407 e. The molecular weight excluding hydrogens is 282 g/mol. The van der Waals surface area contributed by atoms with Crippen LogP contribution in [0.3, 0.4) is 0 Å². The fourth-order valence-electron chi connectivity index (χ4n) is 3.21. The largest absolute Gasteiger partial charge is 0.465 e. The zero-order valence-corrected chi connectivity index (χ0v) is 12.1. The highest BCUT2D eigenvalue weighted by atomic mass is 16.4. The maximum absolute atomic E-state index is 11.2. The van der Waals surface area contributed by atoms with E-state index in [1.807, 2.05) is 23.1 Å². The van der Waals surface area contributed by atoms with Crippen molar-refractivity contribution in [3.05, 3.63) is 35.8 Å². The Labute approximate surface area is 127 Å². The predicted molar refractivity (Wildman–Crippen MR) is 80.2 cm³/mol. The molecule has 0 saturated heterocycles. The Hall–Kier alpha value is -2.57. The van der Waals surface area contributed by atoms with Crippen LogP contribution in [0.1, 0.15) is 17.7 Å². The lowest BCUT2D eigenvalue weighted by Crippen LogP contribution is -2.35. The van der Waals surface area contributed by atoms with E-state index in [0.717, 1.165) is 42.3 Å². The third-order valence-corrected chi connectivity index (χ3v) is 4.33. The van der Waals surface area contributed by atoms with E-state index >= 15 is 0 Å². The first-order chi connectivity index (χ1) is 10.7. The topological polar surface area (TPSA) is 74.5 Å². The number of amides is 1. The molecule has 7 nitrogen and oxygen atoms in total. The monoisotopic (exact) mass is 299 g/mol. The summed E-state index contributed by atoms with van der Waals surface area (Å²) in [7, 11) is 0. The molecular formula is C15H17N5O2. The Morgan fingerprint density at radius 2 is 2.18 bits per heavy atom. The van der Waals surface area contributed by atoms with Gasteiger partial charge in [0.1, 0.15) is 5.82 Å². The molecule has 0 aliphatic carbocycles. The average Bonchev–Trinajstić information content (AvgIpc) is 3.02. The minimum Gasteiger partial charge on any atom is -0.465 e. The average molecular weight is 299 g/mol. The van der Waals surface area contributed by atoms with Crippen molar-refractivity contribution in [3.63, 3.8) is 0 Å². The summed E-state index contributed by atoms with van der Waals surface area (Å²) in [6.07, 6.45) is 4.54. The number of hydrogen-bond donors (Lipinski definition) is 1. The lowest BCUT2D eigenvalue weighted by molar-refractivity contribution is 0.139. The maximum atomic E-state index is 11.2. The number of fused-ring (bicyclic) bond motifs is 2. The highest BCUT2D eigenvalue weighted by molar-refractivity contribution is 5.66. The van der Waals surface area contributed by atoms with Crippen molar-refractivity contribution in [1.82, 2.24) is 19.7 Å². The summed E-state index contributed by atoms with van der Waals surface area (Å²) < 4.78 is 1.99. The Balaban J connectivity index is 1.68. The number of rotatable bonds is 1. The summed E-state index contributed by atoms with van der Waals surface area (Å²) in [5.41, 5.74) is 3.02. The van der Waals surface area contributed by atoms with Crippen molar-refractivity contribution in [2.45, 2.75) is 25.9 Å². The van der Waals surface area contributed by atoms with Gasteiger partial charge in [-0.3, -0.25) is 4.98 Å². The van der Waals surface area contributed by atoms with Gasteiger partial charge in [0.2, 0.25) is 0 Å². The number of carbonyl (C=O) groups is 1. The molecule has 1 amide bonds. The SMILES string of the molecule is O=C(O)N1CCc2ncc(N3CCCn4nccc43)cc2C1. The molecule has 2 aromatic rings. The van der Waals surface area contributed by atoms with Gasteiger partial charge in [-0.25, -0.2) is 9.48 Å². The summed E-state index contributed by atoms with van der Waals surface area (Å²) in [5, 5.41) is 13.5.